The first kappa shape index (κ1) is 12.6. The summed E-state index contributed by atoms with van der Waals surface area (Å²) in [4.78, 5) is 5.75. The highest BCUT2D eigenvalue weighted by Crippen LogP contribution is 2.20. The van der Waals surface area contributed by atoms with Crippen molar-refractivity contribution < 1.29 is 4.74 Å². The SMILES string of the molecule is CCn1cc(N=c2scc(C)n2C2CCOC2)cn1. The fourth-order valence-corrected chi connectivity index (χ4v) is 3.30. The summed E-state index contributed by atoms with van der Waals surface area (Å²) in [5.41, 5.74) is 2.17. The van der Waals surface area contributed by atoms with E-state index in [1.54, 1.807) is 11.3 Å². The van der Waals surface area contributed by atoms with E-state index in [0.29, 0.717) is 6.04 Å². The number of hydrogen-bond donors (Lipinski definition) is 0. The largest absolute Gasteiger partial charge is 0.379 e. The minimum absolute atomic E-state index is 0.422. The molecular formula is C13H18N4OS. The Kier molecular flexibility index (Phi) is 3.52. The maximum atomic E-state index is 5.49. The fraction of sp³-hybridized carbons (Fsp3) is 0.538. The lowest BCUT2D eigenvalue weighted by Gasteiger charge is -2.12. The molecule has 2 aromatic rings. The second-order valence-electron chi connectivity index (χ2n) is 4.71. The van der Waals surface area contributed by atoms with Crippen molar-refractivity contribution in [2.24, 2.45) is 4.99 Å². The van der Waals surface area contributed by atoms with Crippen LogP contribution in [0.4, 0.5) is 5.69 Å². The fourth-order valence-electron chi connectivity index (χ4n) is 2.35. The highest BCUT2D eigenvalue weighted by Gasteiger charge is 2.20. The summed E-state index contributed by atoms with van der Waals surface area (Å²) < 4.78 is 9.67. The van der Waals surface area contributed by atoms with Gasteiger partial charge in [0.05, 0.1) is 25.0 Å². The molecule has 5 nitrogen and oxygen atoms in total. The average molecular weight is 278 g/mol. The van der Waals surface area contributed by atoms with Gasteiger partial charge in [0, 0.05) is 24.2 Å². The molecular weight excluding hydrogens is 260 g/mol. The monoisotopic (exact) mass is 278 g/mol. The number of ether oxygens (including phenoxy) is 1. The zero-order valence-electron chi connectivity index (χ0n) is 11.2. The van der Waals surface area contributed by atoms with Crippen LogP contribution in [0.3, 0.4) is 0 Å². The molecule has 6 heteroatoms. The molecule has 102 valence electrons. The number of aryl methyl sites for hydroxylation is 2. The Labute approximate surface area is 116 Å². The average Bonchev–Trinajstić information content (AvgIpc) is 3.11. The highest BCUT2D eigenvalue weighted by molar-refractivity contribution is 7.07. The van der Waals surface area contributed by atoms with Crippen LogP contribution in [-0.2, 0) is 11.3 Å². The Bertz CT molecular complexity index is 619. The molecule has 0 amide bonds. The van der Waals surface area contributed by atoms with Gasteiger partial charge < -0.3 is 9.30 Å². The van der Waals surface area contributed by atoms with E-state index in [1.807, 2.05) is 17.1 Å². The molecule has 0 aliphatic carbocycles. The van der Waals surface area contributed by atoms with Crippen LogP contribution in [0.2, 0.25) is 0 Å². The zero-order chi connectivity index (χ0) is 13.2. The quantitative estimate of drug-likeness (QED) is 0.864. The predicted molar refractivity (Wildman–Crippen MR) is 74.6 cm³/mol. The summed E-state index contributed by atoms with van der Waals surface area (Å²) >= 11 is 1.68. The number of hydrogen-bond acceptors (Lipinski definition) is 4. The van der Waals surface area contributed by atoms with Crippen LogP contribution in [0.5, 0.6) is 0 Å². The molecule has 0 aromatic carbocycles. The van der Waals surface area contributed by atoms with Gasteiger partial charge in [-0.15, -0.1) is 11.3 Å². The minimum Gasteiger partial charge on any atom is -0.379 e. The first-order valence-corrected chi connectivity index (χ1v) is 7.47. The topological polar surface area (TPSA) is 44.3 Å². The predicted octanol–water partition coefficient (Wildman–Crippen LogP) is 2.27. The Hall–Kier alpha value is -1.40. The summed E-state index contributed by atoms with van der Waals surface area (Å²) in [5, 5.41) is 6.41. The molecule has 19 heavy (non-hydrogen) atoms. The zero-order valence-corrected chi connectivity index (χ0v) is 12.1. The van der Waals surface area contributed by atoms with Crippen LogP contribution in [0.25, 0.3) is 0 Å². The Morgan fingerprint density at radius 1 is 1.58 bits per heavy atom. The Morgan fingerprint density at radius 2 is 2.47 bits per heavy atom. The van der Waals surface area contributed by atoms with Crippen molar-refractivity contribution in [2.75, 3.05) is 13.2 Å². The van der Waals surface area contributed by atoms with E-state index in [2.05, 4.69) is 28.9 Å². The van der Waals surface area contributed by atoms with Crippen molar-refractivity contribution in [1.29, 1.82) is 0 Å². The molecule has 1 atom stereocenters. The van der Waals surface area contributed by atoms with E-state index in [0.717, 1.165) is 36.7 Å². The third kappa shape index (κ3) is 2.50. The third-order valence-electron chi connectivity index (χ3n) is 3.36. The number of rotatable bonds is 3. The van der Waals surface area contributed by atoms with Crippen LogP contribution in [0.1, 0.15) is 25.1 Å². The van der Waals surface area contributed by atoms with E-state index in [9.17, 15) is 0 Å². The number of aromatic nitrogens is 3. The maximum Gasteiger partial charge on any atom is 0.190 e. The van der Waals surface area contributed by atoms with Crippen LogP contribution >= 0.6 is 11.3 Å². The molecule has 2 aromatic heterocycles. The van der Waals surface area contributed by atoms with Gasteiger partial charge in [-0.3, -0.25) is 4.68 Å². The van der Waals surface area contributed by atoms with Gasteiger partial charge in [0.1, 0.15) is 5.69 Å². The maximum absolute atomic E-state index is 5.49. The summed E-state index contributed by atoms with van der Waals surface area (Å²) in [6.45, 7) is 6.71. The molecule has 3 heterocycles. The van der Waals surface area contributed by atoms with E-state index < -0.39 is 0 Å². The van der Waals surface area contributed by atoms with E-state index in [4.69, 9.17) is 9.73 Å². The molecule has 1 saturated heterocycles. The van der Waals surface area contributed by atoms with Gasteiger partial charge in [0.15, 0.2) is 4.80 Å². The van der Waals surface area contributed by atoms with Gasteiger partial charge in [-0.05, 0) is 20.3 Å². The van der Waals surface area contributed by atoms with Crippen LogP contribution in [-0.4, -0.2) is 27.6 Å². The molecule has 0 N–H and O–H groups in total. The van der Waals surface area contributed by atoms with Crippen LogP contribution < -0.4 is 4.80 Å². The van der Waals surface area contributed by atoms with Crippen LogP contribution in [0, 0.1) is 6.92 Å². The summed E-state index contributed by atoms with van der Waals surface area (Å²) in [5.74, 6) is 0. The molecule has 0 saturated carbocycles. The third-order valence-corrected chi connectivity index (χ3v) is 4.32. The molecule has 0 spiro atoms. The second-order valence-corrected chi connectivity index (χ2v) is 5.55. The number of nitrogens with zero attached hydrogens (tertiary/aromatic N) is 4. The van der Waals surface area contributed by atoms with Gasteiger partial charge in [-0.25, -0.2) is 4.99 Å². The lowest BCUT2D eigenvalue weighted by atomic mass is 10.2. The second kappa shape index (κ2) is 5.30. The number of thiazole rings is 1. The van der Waals surface area contributed by atoms with Crippen molar-refractivity contribution in [3.63, 3.8) is 0 Å². The van der Waals surface area contributed by atoms with E-state index >= 15 is 0 Å². The van der Waals surface area contributed by atoms with Crippen molar-refractivity contribution >= 4 is 17.0 Å². The van der Waals surface area contributed by atoms with Crippen molar-refractivity contribution in [1.82, 2.24) is 14.3 Å². The molecule has 3 rings (SSSR count). The highest BCUT2D eigenvalue weighted by atomic mass is 32.1. The molecule has 1 aliphatic heterocycles. The first-order chi connectivity index (χ1) is 9.28. The van der Waals surface area contributed by atoms with E-state index in [1.165, 1.54) is 5.69 Å². The minimum atomic E-state index is 0.422. The molecule has 1 fully saturated rings. The smallest absolute Gasteiger partial charge is 0.190 e. The summed E-state index contributed by atoms with van der Waals surface area (Å²) in [7, 11) is 0. The normalized spacial score (nSPS) is 20.3. The van der Waals surface area contributed by atoms with Gasteiger partial charge in [-0.2, -0.15) is 5.10 Å². The first-order valence-electron chi connectivity index (χ1n) is 6.59. The van der Waals surface area contributed by atoms with Crippen molar-refractivity contribution in [3.05, 3.63) is 28.3 Å². The molecule has 0 bridgehead atoms. The van der Waals surface area contributed by atoms with Gasteiger partial charge in [0.25, 0.3) is 0 Å². The van der Waals surface area contributed by atoms with Gasteiger partial charge >= 0.3 is 0 Å². The Balaban J connectivity index is 2.00. The standard InChI is InChI=1S/C13H18N4OS/c1-3-16-7-11(6-14-16)15-13-17(10(2)9-19-13)12-4-5-18-8-12/h6-7,9,12H,3-5,8H2,1-2H3. The van der Waals surface area contributed by atoms with E-state index in [-0.39, 0.29) is 0 Å². The van der Waals surface area contributed by atoms with Crippen molar-refractivity contribution in [3.8, 4) is 0 Å². The lowest BCUT2D eigenvalue weighted by molar-refractivity contribution is 0.186. The summed E-state index contributed by atoms with van der Waals surface area (Å²) in [6, 6.07) is 0.422. The molecule has 0 radical (unpaired) electrons. The Morgan fingerprint density at radius 3 is 3.16 bits per heavy atom. The molecule has 1 aliphatic rings. The van der Waals surface area contributed by atoms with Gasteiger partial charge in [0.2, 0.25) is 0 Å². The van der Waals surface area contributed by atoms with Crippen molar-refractivity contribution in [2.45, 2.75) is 32.9 Å². The lowest BCUT2D eigenvalue weighted by Crippen LogP contribution is -2.22. The van der Waals surface area contributed by atoms with Crippen LogP contribution in [0.15, 0.2) is 22.8 Å². The van der Waals surface area contributed by atoms with Gasteiger partial charge in [-0.1, -0.05) is 0 Å². The molecule has 1 unspecified atom stereocenters. The summed E-state index contributed by atoms with van der Waals surface area (Å²) in [6.07, 6.45) is 4.86.